The van der Waals surface area contributed by atoms with Gasteiger partial charge >= 0.3 is 0 Å². The number of methoxy groups -OCH3 is 1. The van der Waals surface area contributed by atoms with Crippen molar-refractivity contribution >= 4 is 17.5 Å². The fourth-order valence-electron chi connectivity index (χ4n) is 3.60. The maximum atomic E-state index is 12.5. The van der Waals surface area contributed by atoms with E-state index in [4.69, 9.17) is 25.6 Å². The fourth-order valence-corrected chi connectivity index (χ4v) is 3.82. The lowest BCUT2D eigenvalue weighted by molar-refractivity contribution is -0.128. The summed E-state index contributed by atoms with van der Waals surface area (Å²) >= 11 is 6.05. The maximum Gasteiger partial charge on any atom is 0.232 e. The van der Waals surface area contributed by atoms with Gasteiger partial charge in [-0.15, -0.1) is 0 Å². The number of aromatic nitrogens is 2. The molecule has 2 aromatic carbocycles. The van der Waals surface area contributed by atoms with E-state index in [1.165, 1.54) is 0 Å². The van der Waals surface area contributed by atoms with Crippen molar-refractivity contribution in [2.24, 2.45) is 0 Å². The molecule has 0 saturated carbocycles. The molecule has 1 unspecified atom stereocenters. The highest BCUT2D eigenvalue weighted by molar-refractivity contribution is 6.30. The van der Waals surface area contributed by atoms with Crippen LogP contribution in [0.2, 0.25) is 5.02 Å². The van der Waals surface area contributed by atoms with Gasteiger partial charge in [0.2, 0.25) is 17.6 Å². The van der Waals surface area contributed by atoms with Crippen molar-refractivity contribution in [3.8, 4) is 22.9 Å². The Morgan fingerprint density at radius 3 is 2.87 bits per heavy atom. The van der Waals surface area contributed by atoms with Crippen LogP contribution in [0, 0.1) is 0 Å². The molecule has 1 atom stereocenters. The van der Waals surface area contributed by atoms with E-state index in [0.717, 1.165) is 17.5 Å². The number of hydrogen-bond acceptors (Lipinski definition) is 6. The van der Waals surface area contributed by atoms with Gasteiger partial charge in [-0.3, -0.25) is 4.79 Å². The largest absolute Gasteiger partial charge is 0.493 e. The second-order valence-corrected chi connectivity index (χ2v) is 7.91. The highest BCUT2D eigenvalue weighted by Gasteiger charge is 2.34. The van der Waals surface area contributed by atoms with Gasteiger partial charge in [0.15, 0.2) is 11.5 Å². The van der Waals surface area contributed by atoms with Crippen LogP contribution in [0.3, 0.4) is 0 Å². The van der Waals surface area contributed by atoms with Gasteiger partial charge in [-0.1, -0.05) is 35.8 Å². The van der Waals surface area contributed by atoms with E-state index in [2.05, 4.69) is 10.1 Å². The van der Waals surface area contributed by atoms with Crippen molar-refractivity contribution in [1.29, 1.82) is 0 Å². The second-order valence-electron chi connectivity index (χ2n) is 7.48. The zero-order valence-corrected chi connectivity index (χ0v) is 18.3. The topological polar surface area (TPSA) is 77.7 Å². The van der Waals surface area contributed by atoms with Gasteiger partial charge in [0, 0.05) is 30.1 Å². The van der Waals surface area contributed by atoms with Crippen molar-refractivity contribution in [3.63, 3.8) is 0 Å². The zero-order valence-electron chi connectivity index (χ0n) is 17.5. The van der Waals surface area contributed by atoms with E-state index in [-0.39, 0.29) is 11.8 Å². The molecule has 0 bridgehead atoms. The third-order valence-corrected chi connectivity index (χ3v) is 5.39. The molecule has 162 valence electrons. The second kappa shape index (κ2) is 9.39. The minimum Gasteiger partial charge on any atom is -0.493 e. The van der Waals surface area contributed by atoms with Crippen molar-refractivity contribution in [2.75, 3.05) is 20.3 Å². The molecule has 1 amide bonds. The molecule has 1 saturated heterocycles. The lowest BCUT2D eigenvalue weighted by Gasteiger charge is -2.16. The van der Waals surface area contributed by atoms with Crippen molar-refractivity contribution in [1.82, 2.24) is 15.0 Å². The Morgan fingerprint density at radius 2 is 2.10 bits per heavy atom. The van der Waals surface area contributed by atoms with E-state index < -0.39 is 0 Å². The minimum absolute atomic E-state index is 0.0591. The summed E-state index contributed by atoms with van der Waals surface area (Å²) in [6, 6.07) is 13.1. The van der Waals surface area contributed by atoms with Gasteiger partial charge in [-0.2, -0.15) is 4.98 Å². The summed E-state index contributed by atoms with van der Waals surface area (Å²) in [4.78, 5) is 18.8. The number of ether oxygens (including phenoxy) is 2. The third-order valence-electron chi connectivity index (χ3n) is 5.15. The molecule has 2 heterocycles. The van der Waals surface area contributed by atoms with E-state index in [0.29, 0.717) is 54.4 Å². The van der Waals surface area contributed by atoms with Crippen LogP contribution in [0.15, 0.2) is 47.0 Å². The average Bonchev–Trinajstić information content (AvgIpc) is 3.39. The normalized spacial score (nSPS) is 16.0. The van der Waals surface area contributed by atoms with Gasteiger partial charge in [0.1, 0.15) is 0 Å². The third kappa shape index (κ3) is 4.82. The number of nitrogens with zero attached hydrogens (tertiary/aromatic N) is 3. The lowest BCUT2D eigenvalue weighted by atomic mass is 10.1. The van der Waals surface area contributed by atoms with Gasteiger partial charge in [-0.05, 0) is 42.3 Å². The highest BCUT2D eigenvalue weighted by atomic mass is 35.5. The standard InChI is InChI=1S/C23H24ClN3O4/c1-3-9-30-19-8-7-16(11-20(19)29-2)22-25-23(31-26-22)17-12-21(28)27(14-17)13-15-5-4-6-18(24)10-15/h4-8,10-11,17H,3,9,12-14H2,1-2H3. The Bertz CT molecular complexity index is 1070. The highest BCUT2D eigenvalue weighted by Crippen LogP contribution is 2.33. The van der Waals surface area contributed by atoms with Crippen LogP contribution < -0.4 is 9.47 Å². The van der Waals surface area contributed by atoms with Crippen LogP contribution >= 0.6 is 11.6 Å². The van der Waals surface area contributed by atoms with E-state index >= 15 is 0 Å². The first-order valence-corrected chi connectivity index (χ1v) is 10.6. The van der Waals surface area contributed by atoms with Crippen molar-refractivity contribution < 1.29 is 18.8 Å². The molecular formula is C23H24ClN3O4. The molecule has 1 fully saturated rings. The first-order chi connectivity index (χ1) is 15.1. The monoisotopic (exact) mass is 441 g/mol. The Hall–Kier alpha value is -3.06. The van der Waals surface area contributed by atoms with Gasteiger partial charge in [0.05, 0.1) is 19.6 Å². The molecule has 3 aromatic rings. The van der Waals surface area contributed by atoms with Crippen LogP contribution in [-0.4, -0.2) is 41.2 Å². The Balaban J connectivity index is 1.47. The fraction of sp³-hybridized carbons (Fsp3) is 0.348. The smallest absolute Gasteiger partial charge is 0.232 e. The molecule has 31 heavy (non-hydrogen) atoms. The molecular weight excluding hydrogens is 418 g/mol. The number of halogens is 1. The lowest BCUT2D eigenvalue weighted by Crippen LogP contribution is -2.24. The zero-order chi connectivity index (χ0) is 21.8. The quantitative estimate of drug-likeness (QED) is 0.504. The summed E-state index contributed by atoms with van der Waals surface area (Å²) < 4.78 is 16.6. The summed E-state index contributed by atoms with van der Waals surface area (Å²) in [5, 5.41) is 4.77. The SMILES string of the molecule is CCCOc1ccc(-c2noc(C3CC(=O)N(Cc4cccc(Cl)c4)C3)n2)cc1OC. The van der Waals surface area contributed by atoms with Crippen molar-refractivity contribution in [3.05, 3.63) is 58.9 Å². The molecule has 7 nitrogen and oxygen atoms in total. The number of amides is 1. The summed E-state index contributed by atoms with van der Waals surface area (Å²) in [6.45, 7) is 3.70. The van der Waals surface area contributed by atoms with Crippen LogP contribution in [0.1, 0.15) is 37.1 Å². The summed E-state index contributed by atoms with van der Waals surface area (Å²) in [5.41, 5.74) is 1.75. The van der Waals surface area contributed by atoms with Gasteiger partial charge in [-0.25, -0.2) is 0 Å². The van der Waals surface area contributed by atoms with Crippen LogP contribution in [0.25, 0.3) is 11.4 Å². The van der Waals surface area contributed by atoms with E-state index in [1.54, 1.807) is 12.0 Å². The summed E-state index contributed by atoms with van der Waals surface area (Å²) in [6.07, 6.45) is 1.25. The molecule has 4 rings (SSSR count). The van der Waals surface area contributed by atoms with Crippen LogP contribution in [0.5, 0.6) is 11.5 Å². The van der Waals surface area contributed by atoms with Gasteiger partial charge < -0.3 is 18.9 Å². The number of carbonyl (C=O) groups excluding carboxylic acids is 1. The molecule has 0 aliphatic carbocycles. The molecule has 0 N–H and O–H groups in total. The van der Waals surface area contributed by atoms with Gasteiger partial charge in [0.25, 0.3) is 0 Å². The Kier molecular flexibility index (Phi) is 6.42. The minimum atomic E-state index is -0.137. The Morgan fingerprint density at radius 1 is 1.23 bits per heavy atom. The number of rotatable bonds is 8. The van der Waals surface area contributed by atoms with Crippen LogP contribution in [0.4, 0.5) is 0 Å². The van der Waals surface area contributed by atoms with Crippen LogP contribution in [-0.2, 0) is 11.3 Å². The molecule has 8 heteroatoms. The molecule has 1 aliphatic heterocycles. The summed E-state index contributed by atoms with van der Waals surface area (Å²) in [5.74, 6) is 2.13. The maximum absolute atomic E-state index is 12.5. The van der Waals surface area contributed by atoms with Crippen molar-refractivity contribution in [2.45, 2.75) is 32.2 Å². The number of benzene rings is 2. The first kappa shape index (κ1) is 21.2. The molecule has 0 spiro atoms. The van der Waals surface area contributed by atoms with E-state index in [9.17, 15) is 4.79 Å². The number of likely N-dealkylation sites (tertiary alicyclic amines) is 1. The summed E-state index contributed by atoms with van der Waals surface area (Å²) in [7, 11) is 1.60. The Labute approximate surface area is 185 Å². The number of carbonyl (C=O) groups is 1. The molecule has 1 aromatic heterocycles. The average molecular weight is 442 g/mol. The molecule has 1 aliphatic rings. The predicted octanol–water partition coefficient (Wildman–Crippen LogP) is 4.70. The van der Waals surface area contributed by atoms with E-state index in [1.807, 2.05) is 49.4 Å². The number of hydrogen-bond donors (Lipinski definition) is 0. The molecule has 0 radical (unpaired) electrons. The first-order valence-electron chi connectivity index (χ1n) is 10.2. The predicted molar refractivity (Wildman–Crippen MR) is 116 cm³/mol.